The summed E-state index contributed by atoms with van der Waals surface area (Å²) in [6, 6.07) is 5.62. The fraction of sp³-hybridized carbons (Fsp3) is 0.316. The van der Waals surface area contributed by atoms with Gasteiger partial charge in [-0.15, -0.1) is 0 Å². The maximum absolute atomic E-state index is 12.8. The van der Waals surface area contributed by atoms with Gasteiger partial charge in [0.15, 0.2) is 11.3 Å². The summed E-state index contributed by atoms with van der Waals surface area (Å²) >= 11 is 0. The van der Waals surface area contributed by atoms with Gasteiger partial charge in [0, 0.05) is 18.1 Å². The number of benzene rings is 2. The zero-order valence-electron chi connectivity index (χ0n) is 14.6. The van der Waals surface area contributed by atoms with Crippen LogP contribution in [0.25, 0.3) is 21.9 Å². The average molecular weight is 360 g/mol. The maximum atomic E-state index is 12.8. The first-order chi connectivity index (χ1) is 12.1. The molecule has 0 aliphatic rings. The Morgan fingerprint density at radius 1 is 1.19 bits per heavy atom. The number of rotatable bonds is 4. The van der Waals surface area contributed by atoms with E-state index in [0.29, 0.717) is 5.56 Å². The number of aliphatic hydroxyl groups excluding tert-OH is 1. The Morgan fingerprint density at radius 3 is 2.50 bits per heavy atom. The quantitative estimate of drug-likeness (QED) is 0.526. The second-order valence-electron chi connectivity index (χ2n) is 6.74. The summed E-state index contributed by atoms with van der Waals surface area (Å²) in [7, 11) is 1.37. The van der Waals surface area contributed by atoms with Crippen molar-refractivity contribution in [2.75, 3.05) is 7.11 Å². The molecule has 0 amide bonds. The number of phenolic OH excluding ortho intramolecular Hbond substituents is 2. The lowest BCUT2D eigenvalue weighted by atomic mass is 9.93. The zero-order chi connectivity index (χ0) is 19.2. The van der Waals surface area contributed by atoms with Gasteiger partial charge in [0.05, 0.1) is 24.2 Å². The predicted molar refractivity (Wildman–Crippen MR) is 95.9 cm³/mol. The van der Waals surface area contributed by atoms with Crippen LogP contribution in [-0.2, 0) is 6.42 Å². The molecule has 7 nitrogen and oxygen atoms in total. The van der Waals surface area contributed by atoms with E-state index in [0.717, 1.165) is 0 Å². The number of phenols is 2. The fourth-order valence-corrected chi connectivity index (χ4v) is 2.86. The van der Waals surface area contributed by atoms with Crippen LogP contribution in [0.5, 0.6) is 17.2 Å². The zero-order valence-corrected chi connectivity index (χ0v) is 14.6. The molecule has 26 heavy (non-hydrogen) atoms. The van der Waals surface area contributed by atoms with Crippen LogP contribution in [0.2, 0.25) is 0 Å². The highest BCUT2D eigenvalue weighted by molar-refractivity contribution is 5.97. The maximum Gasteiger partial charge on any atom is 0.204 e. The molecule has 2 aromatic carbocycles. The minimum Gasteiger partial charge on any atom is -0.507 e. The van der Waals surface area contributed by atoms with E-state index in [4.69, 9.17) is 9.15 Å². The summed E-state index contributed by atoms with van der Waals surface area (Å²) in [5.41, 5.74) is -1.66. The summed E-state index contributed by atoms with van der Waals surface area (Å²) in [6.45, 7) is 2.90. The third-order valence-electron chi connectivity index (χ3n) is 4.43. The van der Waals surface area contributed by atoms with Crippen molar-refractivity contribution in [1.29, 1.82) is 0 Å². The molecule has 0 radical (unpaired) electrons. The average Bonchev–Trinajstić information content (AvgIpc) is 2.56. The smallest absolute Gasteiger partial charge is 0.204 e. The third kappa shape index (κ3) is 2.85. The number of fused-ring (bicyclic) bond motifs is 2. The first kappa shape index (κ1) is 18.0. The SMILES string of the molecule is COc1cc(O)c2c(=O)c3cccc(O)c3oc2c1C[C@@H](O)C(C)(C)O. The fourth-order valence-electron chi connectivity index (χ4n) is 2.86. The largest absolute Gasteiger partial charge is 0.507 e. The Kier molecular flexibility index (Phi) is 4.29. The molecule has 1 aromatic heterocycles. The van der Waals surface area contributed by atoms with Gasteiger partial charge in [-0.2, -0.15) is 0 Å². The molecule has 3 rings (SSSR count). The summed E-state index contributed by atoms with van der Waals surface area (Å²) in [5, 5.41) is 40.7. The molecule has 0 fully saturated rings. The Morgan fingerprint density at radius 2 is 1.88 bits per heavy atom. The van der Waals surface area contributed by atoms with Crippen molar-refractivity contribution in [3.63, 3.8) is 0 Å². The molecule has 1 heterocycles. The van der Waals surface area contributed by atoms with Crippen LogP contribution in [0.15, 0.2) is 33.5 Å². The highest BCUT2D eigenvalue weighted by atomic mass is 16.5. The first-order valence-corrected chi connectivity index (χ1v) is 8.03. The molecule has 0 bridgehead atoms. The molecule has 0 spiro atoms. The lowest BCUT2D eigenvalue weighted by molar-refractivity contribution is -0.0470. The van der Waals surface area contributed by atoms with Crippen LogP contribution in [-0.4, -0.2) is 39.2 Å². The number of hydrogen-bond donors (Lipinski definition) is 4. The Hall–Kier alpha value is -2.77. The van der Waals surface area contributed by atoms with E-state index in [2.05, 4.69) is 0 Å². The number of hydrogen-bond acceptors (Lipinski definition) is 7. The van der Waals surface area contributed by atoms with Crippen LogP contribution in [0.3, 0.4) is 0 Å². The number of methoxy groups -OCH3 is 1. The van der Waals surface area contributed by atoms with Gasteiger partial charge in [0.2, 0.25) is 5.43 Å². The summed E-state index contributed by atoms with van der Waals surface area (Å²) in [5.74, 6) is -0.369. The predicted octanol–water partition coefficient (Wildman–Crippen LogP) is 2.04. The van der Waals surface area contributed by atoms with Crippen LogP contribution < -0.4 is 10.2 Å². The highest BCUT2D eigenvalue weighted by Crippen LogP contribution is 2.38. The van der Waals surface area contributed by atoms with E-state index >= 15 is 0 Å². The number of ether oxygens (including phenoxy) is 1. The summed E-state index contributed by atoms with van der Waals surface area (Å²) in [6.07, 6.45) is -1.28. The normalized spacial score (nSPS) is 13.3. The van der Waals surface area contributed by atoms with Crippen LogP contribution in [0.1, 0.15) is 19.4 Å². The standard InChI is InChI=1S/C19H20O7/c1-19(2,24)14(22)7-10-13(25-3)8-12(21)15-16(23)9-5-4-6-11(20)17(9)26-18(10)15/h4-6,8,14,20-22,24H,7H2,1-3H3/t14-/m1/s1. The minimum atomic E-state index is -1.41. The van der Waals surface area contributed by atoms with Gasteiger partial charge in [0.25, 0.3) is 0 Å². The van der Waals surface area contributed by atoms with Crippen molar-refractivity contribution in [2.45, 2.75) is 32.0 Å². The molecule has 0 unspecified atom stereocenters. The molecule has 0 aliphatic heterocycles. The van der Waals surface area contributed by atoms with Crippen LogP contribution >= 0.6 is 0 Å². The van der Waals surface area contributed by atoms with E-state index in [1.807, 2.05) is 0 Å². The molecule has 3 aromatic rings. The monoisotopic (exact) mass is 360 g/mol. The lowest BCUT2D eigenvalue weighted by Crippen LogP contribution is -2.37. The molecule has 0 saturated heterocycles. The topological polar surface area (TPSA) is 120 Å². The Labute approximate surface area is 148 Å². The molecule has 0 saturated carbocycles. The third-order valence-corrected chi connectivity index (χ3v) is 4.43. The van der Waals surface area contributed by atoms with E-state index in [9.17, 15) is 25.2 Å². The van der Waals surface area contributed by atoms with Crippen molar-refractivity contribution in [3.05, 3.63) is 40.1 Å². The molecular weight excluding hydrogens is 340 g/mol. The van der Waals surface area contributed by atoms with Gasteiger partial charge >= 0.3 is 0 Å². The molecule has 1 atom stereocenters. The molecule has 4 N–H and O–H groups in total. The van der Waals surface area contributed by atoms with Gasteiger partial charge in [0.1, 0.15) is 22.5 Å². The molecule has 7 heteroatoms. The summed E-state index contributed by atoms with van der Waals surface area (Å²) in [4.78, 5) is 12.8. The van der Waals surface area contributed by atoms with E-state index in [-0.39, 0.29) is 45.6 Å². The van der Waals surface area contributed by atoms with Gasteiger partial charge in [-0.25, -0.2) is 0 Å². The van der Waals surface area contributed by atoms with Crippen molar-refractivity contribution >= 4 is 21.9 Å². The molecular formula is C19H20O7. The van der Waals surface area contributed by atoms with Crippen molar-refractivity contribution in [1.82, 2.24) is 0 Å². The van der Waals surface area contributed by atoms with Crippen molar-refractivity contribution in [2.24, 2.45) is 0 Å². The van der Waals surface area contributed by atoms with Gasteiger partial charge in [-0.1, -0.05) is 6.07 Å². The number of aromatic hydroxyl groups is 2. The van der Waals surface area contributed by atoms with Crippen LogP contribution in [0.4, 0.5) is 0 Å². The van der Waals surface area contributed by atoms with E-state index in [1.165, 1.54) is 45.2 Å². The highest BCUT2D eigenvalue weighted by Gasteiger charge is 2.29. The number of aliphatic hydroxyl groups is 2. The minimum absolute atomic E-state index is 0.0100. The van der Waals surface area contributed by atoms with Crippen molar-refractivity contribution < 1.29 is 29.6 Å². The Balaban J connectivity index is 2.42. The van der Waals surface area contributed by atoms with Gasteiger partial charge < -0.3 is 29.6 Å². The van der Waals surface area contributed by atoms with E-state index in [1.54, 1.807) is 0 Å². The second kappa shape index (κ2) is 6.19. The van der Waals surface area contributed by atoms with Gasteiger partial charge in [-0.3, -0.25) is 4.79 Å². The number of para-hydroxylation sites is 1. The van der Waals surface area contributed by atoms with E-state index < -0.39 is 17.1 Å². The summed E-state index contributed by atoms with van der Waals surface area (Å²) < 4.78 is 11.0. The molecule has 138 valence electrons. The lowest BCUT2D eigenvalue weighted by Gasteiger charge is -2.25. The molecule has 0 aliphatic carbocycles. The van der Waals surface area contributed by atoms with Crippen molar-refractivity contribution in [3.8, 4) is 17.2 Å². The second-order valence-corrected chi connectivity index (χ2v) is 6.74. The van der Waals surface area contributed by atoms with Crippen LogP contribution in [0, 0.1) is 0 Å². The van der Waals surface area contributed by atoms with Gasteiger partial charge in [-0.05, 0) is 26.0 Å². The Bertz CT molecular complexity index is 1040. The first-order valence-electron chi connectivity index (χ1n) is 8.03.